The molecule has 0 saturated carbocycles. The Morgan fingerprint density at radius 3 is 2.70 bits per heavy atom. The van der Waals surface area contributed by atoms with Crippen molar-refractivity contribution in [1.82, 2.24) is 0 Å². The second kappa shape index (κ2) is 2.72. The van der Waals surface area contributed by atoms with Gasteiger partial charge in [-0.2, -0.15) is 0 Å². The van der Waals surface area contributed by atoms with Gasteiger partial charge in [0.2, 0.25) is 0 Å². The lowest BCUT2D eigenvalue weighted by Crippen LogP contribution is -1.70. The third-order valence-corrected chi connectivity index (χ3v) is 1.53. The smallest absolute Gasteiger partial charge is 0.0843 e. The second-order valence-corrected chi connectivity index (χ2v) is 2.50. The van der Waals surface area contributed by atoms with Crippen LogP contribution in [0.1, 0.15) is 5.56 Å². The molecule has 1 aromatic carbocycles. The molecule has 1 nitrogen and oxygen atoms in total. The highest BCUT2D eigenvalue weighted by Gasteiger charge is 2.04. The van der Waals surface area contributed by atoms with Gasteiger partial charge in [-0.3, -0.25) is 0 Å². The molecule has 0 amide bonds. The molecule has 0 aromatic heterocycles. The fourth-order valence-electron chi connectivity index (χ4n) is 0.764. The van der Waals surface area contributed by atoms with Gasteiger partial charge < -0.3 is 0 Å². The lowest BCUT2D eigenvalue weighted by molar-refractivity contribution is 1.49. The van der Waals surface area contributed by atoms with Crippen LogP contribution in [-0.2, 0) is 0 Å². The van der Waals surface area contributed by atoms with Crippen molar-refractivity contribution in [2.75, 3.05) is 0 Å². The summed E-state index contributed by atoms with van der Waals surface area (Å²) in [5.74, 6) is 0. The van der Waals surface area contributed by atoms with E-state index in [1.807, 2.05) is 13.0 Å². The van der Waals surface area contributed by atoms with Gasteiger partial charge >= 0.3 is 5.69 Å². The zero-order valence-corrected chi connectivity index (χ0v) is 6.39. The Bertz CT molecular complexity index is 286. The van der Waals surface area contributed by atoms with Crippen molar-refractivity contribution in [1.29, 1.82) is 0 Å². The average molecular weight is 153 g/mol. The van der Waals surface area contributed by atoms with E-state index in [0.29, 0.717) is 5.02 Å². The van der Waals surface area contributed by atoms with Crippen LogP contribution in [0.25, 0.3) is 4.85 Å². The molecule has 0 aliphatic heterocycles. The van der Waals surface area contributed by atoms with Crippen molar-refractivity contribution >= 4 is 17.3 Å². The van der Waals surface area contributed by atoms with Crippen molar-refractivity contribution in [2.45, 2.75) is 6.92 Å². The summed E-state index contributed by atoms with van der Waals surface area (Å²) in [7, 11) is 0. The molecule has 10 heavy (non-hydrogen) atoms. The van der Waals surface area contributed by atoms with E-state index >= 15 is 0 Å². The molecule has 0 spiro atoms. The van der Waals surface area contributed by atoms with Gasteiger partial charge in [-0.25, -0.2) is 0 Å². The summed E-state index contributed by atoms with van der Waals surface area (Å²) in [5, 5.41) is 0.713. The molecule has 0 aliphatic carbocycles. The SMILES string of the molecule is C#[N+]c1ccc(Cl)cc1C. The zero-order valence-electron chi connectivity index (χ0n) is 5.63. The molecule has 0 N–H and O–H groups in total. The van der Waals surface area contributed by atoms with Gasteiger partial charge in [0.05, 0.1) is 0 Å². The second-order valence-electron chi connectivity index (χ2n) is 2.06. The van der Waals surface area contributed by atoms with E-state index < -0.39 is 0 Å². The van der Waals surface area contributed by atoms with Crippen LogP contribution >= 0.6 is 11.6 Å². The first kappa shape index (κ1) is 7.11. The molecule has 0 fully saturated rings. The van der Waals surface area contributed by atoms with Gasteiger partial charge in [0.1, 0.15) is 0 Å². The molecular weight excluding hydrogens is 146 g/mol. The molecule has 1 aromatic rings. The minimum Gasteiger partial charge on any atom is -0.0843 e. The van der Waals surface area contributed by atoms with Crippen LogP contribution in [-0.4, -0.2) is 0 Å². The number of nitrogens with zero attached hydrogens (tertiary/aromatic N) is 1. The highest BCUT2D eigenvalue weighted by Crippen LogP contribution is 2.21. The first-order valence-electron chi connectivity index (χ1n) is 2.91. The number of rotatable bonds is 0. The topological polar surface area (TPSA) is 4.36 Å². The molecule has 0 saturated heterocycles. The molecule has 0 bridgehead atoms. The first-order valence-corrected chi connectivity index (χ1v) is 3.29. The number of hydrogen-bond donors (Lipinski definition) is 0. The number of benzene rings is 1. The summed E-state index contributed by atoms with van der Waals surface area (Å²) in [4.78, 5) is 3.55. The normalized spacial score (nSPS) is 8.90. The summed E-state index contributed by atoms with van der Waals surface area (Å²) in [6.07, 6.45) is 0. The van der Waals surface area contributed by atoms with Gasteiger partial charge in [0.15, 0.2) is 0 Å². The number of hydrogen-bond acceptors (Lipinski definition) is 0. The minimum absolute atomic E-state index is 0.713. The first-order chi connectivity index (χ1) is 4.74. The molecule has 0 heterocycles. The van der Waals surface area contributed by atoms with Crippen molar-refractivity contribution in [3.8, 4) is 6.57 Å². The van der Waals surface area contributed by atoms with Gasteiger partial charge in [-0.05, 0) is 23.9 Å². The summed E-state index contributed by atoms with van der Waals surface area (Å²) >= 11 is 5.69. The molecule has 0 unspecified atom stereocenters. The Balaban J connectivity index is 3.23. The number of halogens is 1. The molecule has 0 radical (unpaired) electrons. The van der Waals surface area contributed by atoms with Crippen LogP contribution in [0, 0.1) is 13.5 Å². The standard InChI is InChI=1S/C8H7ClN/c1-6-5-7(9)3-4-8(6)10-2/h2-5H,1H3/q+1. The van der Waals surface area contributed by atoms with Gasteiger partial charge in [0, 0.05) is 16.7 Å². The van der Waals surface area contributed by atoms with Crippen LogP contribution < -0.4 is 0 Å². The lowest BCUT2D eigenvalue weighted by atomic mass is 10.2. The van der Waals surface area contributed by atoms with E-state index in [4.69, 9.17) is 18.2 Å². The van der Waals surface area contributed by atoms with Crippen molar-refractivity contribution in [2.24, 2.45) is 0 Å². The fraction of sp³-hybridized carbons (Fsp3) is 0.125. The van der Waals surface area contributed by atoms with Crippen molar-refractivity contribution in [3.63, 3.8) is 0 Å². The van der Waals surface area contributed by atoms with Crippen LogP contribution in [0.15, 0.2) is 18.2 Å². The predicted molar refractivity (Wildman–Crippen MR) is 44.2 cm³/mol. The third-order valence-electron chi connectivity index (χ3n) is 1.30. The Hall–Kier alpha value is -1.00. The highest BCUT2D eigenvalue weighted by molar-refractivity contribution is 6.30. The maximum absolute atomic E-state index is 5.69. The largest absolute Gasteiger partial charge is 0.342 e. The van der Waals surface area contributed by atoms with Crippen LogP contribution in [0.5, 0.6) is 0 Å². The van der Waals surface area contributed by atoms with E-state index in [2.05, 4.69) is 4.85 Å². The minimum atomic E-state index is 0.713. The maximum Gasteiger partial charge on any atom is 0.342 e. The predicted octanol–water partition coefficient (Wildman–Crippen LogP) is 3.24. The Morgan fingerprint density at radius 2 is 2.20 bits per heavy atom. The summed E-state index contributed by atoms with van der Waals surface area (Å²) < 4.78 is 0. The molecule has 2 heteroatoms. The average Bonchev–Trinajstić information content (AvgIpc) is 1.88. The third kappa shape index (κ3) is 1.29. The van der Waals surface area contributed by atoms with Gasteiger partial charge in [-0.1, -0.05) is 11.6 Å². The highest BCUT2D eigenvalue weighted by atomic mass is 35.5. The van der Waals surface area contributed by atoms with E-state index in [-0.39, 0.29) is 0 Å². The van der Waals surface area contributed by atoms with Crippen molar-refractivity contribution < 1.29 is 0 Å². The number of aryl methyl sites for hydroxylation is 1. The molecule has 50 valence electrons. The Labute approximate surface area is 65.1 Å². The Morgan fingerprint density at radius 1 is 1.50 bits per heavy atom. The fourth-order valence-corrected chi connectivity index (χ4v) is 0.990. The van der Waals surface area contributed by atoms with Gasteiger partial charge in [-0.15, -0.1) is 0 Å². The van der Waals surface area contributed by atoms with E-state index in [1.165, 1.54) is 0 Å². The van der Waals surface area contributed by atoms with Crippen LogP contribution in [0.2, 0.25) is 5.02 Å². The zero-order chi connectivity index (χ0) is 7.56. The van der Waals surface area contributed by atoms with Crippen LogP contribution in [0.4, 0.5) is 5.69 Å². The van der Waals surface area contributed by atoms with E-state index in [1.54, 1.807) is 12.1 Å². The lowest BCUT2D eigenvalue weighted by Gasteiger charge is -1.88. The van der Waals surface area contributed by atoms with E-state index in [9.17, 15) is 0 Å². The summed E-state index contributed by atoms with van der Waals surface area (Å²) in [6, 6.07) is 5.38. The molecule has 1 rings (SSSR count). The maximum atomic E-state index is 5.69. The van der Waals surface area contributed by atoms with Crippen LogP contribution in [0.3, 0.4) is 0 Å². The summed E-state index contributed by atoms with van der Waals surface area (Å²) in [5.41, 5.74) is 1.78. The van der Waals surface area contributed by atoms with Gasteiger partial charge in [0.25, 0.3) is 6.57 Å². The monoisotopic (exact) mass is 152 g/mol. The quantitative estimate of drug-likeness (QED) is 0.538. The van der Waals surface area contributed by atoms with E-state index in [0.717, 1.165) is 11.3 Å². The molecule has 0 atom stereocenters. The molecular formula is C8H7ClN+. The molecule has 0 aliphatic rings. The van der Waals surface area contributed by atoms with Crippen molar-refractivity contribution in [3.05, 3.63) is 33.6 Å². The summed E-state index contributed by atoms with van der Waals surface area (Å²) in [6.45, 7) is 7.00. The Kier molecular flexibility index (Phi) is 1.94.